The van der Waals surface area contributed by atoms with Gasteiger partial charge in [-0.05, 0) is 12.5 Å². The highest BCUT2D eigenvalue weighted by molar-refractivity contribution is 5.67. The van der Waals surface area contributed by atoms with Crippen LogP contribution in [0, 0.1) is 0 Å². The Morgan fingerprint density at radius 3 is 2.30 bits per heavy atom. The van der Waals surface area contributed by atoms with Crippen LogP contribution in [0.2, 0.25) is 0 Å². The molecule has 1 aliphatic carbocycles. The zero-order valence-corrected chi connectivity index (χ0v) is 5.92. The minimum atomic E-state index is -0.212. The van der Waals surface area contributed by atoms with Crippen LogP contribution in [0.1, 0.15) is 19.8 Å². The molecule has 0 heterocycles. The normalized spacial score (nSPS) is 13.5. The van der Waals surface area contributed by atoms with Crippen LogP contribution in [0.15, 0.2) is 11.8 Å². The molecule has 0 spiro atoms. The highest BCUT2D eigenvalue weighted by atomic mass is 16.5. The molecule has 3 nitrogen and oxygen atoms in total. The summed E-state index contributed by atoms with van der Waals surface area (Å²) in [5.41, 5.74) is 0. The van der Waals surface area contributed by atoms with Crippen molar-refractivity contribution in [2.24, 2.45) is 0 Å². The zero-order chi connectivity index (χ0) is 7.98. The van der Waals surface area contributed by atoms with E-state index in [9.17, 15) is 4.79 Å². The predicted octanol–water partition coefficient (Wildman–Crippen LogP) is 1.04. The van der Waals surface area contributed by atoms with Gasteiger partial charge in [0.1, 0.15) is 12.5 Å². The highest BCUT2D eigenvalue weighted by Crippen LogP contribution is 2.18. The summed E-state index contributed by atoms with van der Waals surface area (Å²) in [6.07, 6.45) is 3.91. The fraction of sp³-hybridized carbons (Fsp3) is 0.429. The molecule has 3 heteroatoms. The van der Waals surface area contributed by atoms with E-state index in [1.165, 1.54) is 6.92 Å². The minimum absolute atomic E-state index is 0.212. The molecule has 56 valence electrons. The molecule has 0 fully saturated rings. The maximum atomic E-state index is 10.2. The van der Waals surface area contributed by atoms with Gasteiger partial charge in [-0.25, -0.2) is 0 Å². The molecular weight excluding hydrogens is 132 g/mol. The molecular formula is C7H10O3. The van der Waals surface area contributed by atoms with E-state index >= 15 is 0 Å². The topological polar surface area (TPSA) is 43.4 Å². The van der Waals surface area contributed by atoms with Crippen molar-refractivity contribution in [3.63, 3.8) is 0 Å². The van der Waals surface area contributed by atoms with Crippen molar-refractivity contribution in [2.75, 3.05) is 0 Å². The van der Waals surface area contributed by atoms with E-state index in [2.05, 4.69) is 0 Å². The summed E-state index contributed by atoms with van der Waals surface area (Å²) in [5.74, 6) is 0.619. The highest BCUT2D eigenvalue weighted by Gasteiger charge is 2.07. The van der Waals surface area contributed by atoms with Crippen LogP contribution in [0.3, 0.4) is 0 Å². The molecule has 0 bridgehead atoms. The second-order valence-corrected chi connectivity index (χ2v) is 1.80. The van der Waals surface area contributed by atoms with Gasteiger partial charge < -0.3 is 9.53 Å². The third-order valence-electron chi connectivity index (χ3n) is 1.04. The first-order valence-electron chi connectivity index (χ1n) is 2.95. The van der Waals surface area contributed by atoms with Gasteiger partial charge >= 0.3 is 5.97 Å². The molecule has 0 radical (unpaired) electrons. The van der Waals surface area contributed by atoms with Crippen LogP contribution in [-0.2, 0) is 14.3 Å². The fourth-order valence-electron chi connectivity index (χ4n) is 0.539. The van der Waals surface area contributed by atoms with Crippen molar-refractivity contribution in [1.29, 1.82) is 0 Å². The van der Waals surface area contributed by atoms with Gasteiger partial charge in [-0.2, -0.15) is 0 Å². The van der Waals surface area contributed by atoms with Crippen LogP contribution in [0.4, 0.5) is 0 Å². The number of allylic oxidation sites excluding steroid dienone is 2. The summed E-state index contributed by atoms with van der Waals surface area (Å²) < 4.78 is 4.71. The Kier molecular flexibility index (Phi) is 4.20. The van der Waals surface area contributed by atoms with E-state index in [1.54, 1.807) is 0 Å². The van der Waals surface area contributed by atoms with E-state index in [0.717, 1.165) is 18.6 Å². The van der Waals surface area contributed by atoms with E-state index in [-0.39, 0.29) is 5.97 Å². The van der Waals surface area contributed by atoms with Crippen LogP contribution in [0.5, 0.6) is 0 Å². The van der Waals surface area contributed by atoms with Crippen LogP contribution in [0.25, 0.3) is 0 Å². The lowest BCUT2D eigenvalue weighted by Gasteiger charge is -2.11. The van der Waals surface area contributed by atoms with Crippen molar-refractivity contribution in [2.45, 2.75) is 19.8 Å². The number of esters is 1. The lowest BCUT2D eigenvalue weighted by molar-refractivity contribution is -0.137. The van der Waals surface area contributed by atoms with Crippen LogP contribution >= 0.6 is 0 Å². The third-order valence-corrected chi connectivity index (χ3v) is 1.04. The SMILES string of the molecule is C=O.CC(=O)OC1=CCC1. The molecule has 0 saturated heterocycles. The van der Waals surface area contributed by atoms with Gasteiger partial charge in [0.2, 0.25) is 0 Å². The maximum Gasteiger partial charge on any atom is 0.307 e. The quantitative estimate of drug-likeness (QED) is 0.514. The van der Waals surface area contributed by atoms with Crippen molar-refractivity contribution < 1.29 is 14.3 Å². The Morgan fingerprint density at radius 1 is 1.70 bits per heavy atom. The first-order valence-corrected chi connectivity index (χ1v) is 2.95. The molecule has 0 aromatic rings. The summed E-state index contributed by atoms with van der Waals surface area (Å²) in [6, 6.07) is 0. The summed E-state index contributed by atoms with van der Waals surface area (Å²) in [6.45, 7) is 3.42. The summed E-state index contributed by atoms with van der Waals surface area (Å²) in [7, 11) is 0. The second kappa shape index (κ2) is 4.73. The lowest BCUT2D eigenvalue weighted by Crippen LogP contribution is -2.03. The van der Waals surface area contributed by atoms with Gasteiger partial charge in [0.25, 0.3) is 0 Å². The van der Waals surface area contributed by atoms with Gasteiger partial charge in [0, 0.05) is 13.3 Å². The van der Waals surface area contributed by atoms with Crippen molar-refractivity contribution in [3.8, 4) is 0 Å². The Balaban J connectivity index is 0.000000371. The molecule has 0 aromatic heterocycles. The van der Waals surface area contributed by atoms with E-state index in [1.807, 2.05) is 12.9 Å². The molecule has 10 heavy (non-hydrogen) atoms. The standard InChI is InChI=1S/C6H8O2.CH2O/c1-5(7)8-6-3-2-4-6;1-2/h3H,2,4H2,1H3;1H2. The second-order valence-electron chi connectivity index (χ2n) is 1.80. The van der Waals surface area contributed by atoms with Gasteiger partial charge in [-0.1, -0.05) is 0 Å². The number of carbonyl (C=O) groups excluding carboxylic acids is 2. The van der Waals surface area contributed by atoms with Crippen LogP contribution < -0.4 is 0 Å². The van der Waals surface area contributed by atoms with Crippen LogP contribution in [-0.4, -0.2) is 12.8 Å². The average molecular weight is 142 g/mol. The molecule has 1 rings (SSSR count). The largest absolute Gasteiger partial charge is 0.432 e. The molecule has 1 aliphatic rings. The molecule has 0 N–H and O–H groups in total. The first-order chi connectivity index (χ1) is 4.79. The number of rotatable bonds is 1. The average Bonchev–Trinajstić information content (AvgIpc) is 1.84. The molecule has 0 atom stereocenters. The Morgan fingerprint density at radius 2 is 2.20 bits per heavy atom. The van der Waals surface area contributed by atoms with Gasteiger partial charge in [0.05, 0.1) is 0 Å². The smallest absolute Gasteiger partial charge is 0.307 e. The minimum Gasteiger partial charge on any atom is -0.432 e. The predicted molar refractivity (Wildman–Crippen MR) is 36.2 cm³/mol. The maximum absolute atomic E-state index is 10.2. The number of carbonyl (C=O) groups is 2. The van der Waals surface area contributed by atoms with Gasteiger partial charge in [-0.15, -0.1) is 0 Å². The molecule has 0 aliphatic heterocycles. The van der Waals surface area contributed by atoms with E-state index in [0.29, 0.717) is 0 Å². The third kappa shape index (κ3) is 3.02. The number of ether oxygens (including phenoxy) is 1. The monoisotopic (exact) mass is 142 g/mol. The summed E-state index contributed by atoms with van der Waals surface area (Å²) in [4.78, 5) is 18.2. The van der Waals surface area contributed by atoms with E-state index in [4.69, 9.17) is 9.53 Å². The molecule has 0 amide bonds. The number of hydrogen-bond donors (Lipinski definition) is 0. The summed E-state index contributed by atoms with van der Waals surface area (Å²) in [5, 5.41) is 0. The molecule has 0 aromatic carbocycles. The number of hydrogen-bond acceptors (Lipinski definition) is 3. The molecule has 0 saturated carbocycles. The lowest BCUT2D eigenvalue weighted by atomic mass is 10.1. The Hall–Kier alpha value is -1.12. The van der Waals surface area contributed by atoms with Gasteiger partial charge in [0.15, 0.2) is 0 Å². The fourth-order valence-corrected chi connectivity index (χ4v) is 0.539. The Labute approximate surface area is 59.7 Å². The zero-order valence-electron chi connectivity index (χ0n) is 5.92. The Bertz CT molecular complexity index is 149. The van der Waals surface area contributed by atoms with Crippen molar-refractivity contribution >= 4 is 12.8 Å². The van der Waals surface area contributed by atoms with Gasteiger partial charge in [-0.3, -0.25) is 4.79 Å². The first kappa shape index (κ1) is 8.88. The summed E-state index contributed by atoms with van der Waals surface area (Å²) >= 11 is 0. The molecule has 0 unspecified atom stereocenters. The van der Waals surface area contributed by atoms with Crippen molar-refractivity contribution in [1.82, 2.24) is 0 Å². The van der Waals surface area contributed by atoms with E-state index < -0.39 is 0 Å². The van der Waals surface area contributed by atoms with Crippen molar-refractivity contribution in [3.05, 3.63) is 11.8 Å².